The Hall–Kier alpha value is -2.04. The van der Waals surface area contributed by atoms with Gasteiger partial charge < -0.3 is 15.7 Å². The van der Waals surface area contributed by atoms with Crippen LogP contribution < -0.4 is 10.6 Å². The average molecular weight is 264 g/mol. The highest BCUT2D eigenvalue weighted by Gasteiger charge is 2.11. The lowest BCUT2D eigenvalue weighted by atomic mass is 10.1. The first-order chi connectivity index (χ1) is 9.04. The molecule has 0 saturated carbocycles. The van der Waals surface area contributed by atoms with Gasteiger partial charge >= 0.3 is 0 Å². The maximum absolute atomic E-state index is 11.8. The van der Waals surface area contributed by atoms with Crippen molar-refractivity contribution in [3.63, 3.8) is 0 Å². The van der Waals surface area contributed by atoms with Crippen LogP contribution in [0.1, 0.15) is 35.7 Å². The predicted octanol–water partition coefficient (Wildman–Crippen LogP) is 1.35. The number of hydrogen-bond acceptors (Lipinski definition) is 3. The summed E-state index contributed by atoms with van der Waals surface area (Å²) in [4.78, 5) is 23.1. The summed E-state index contributed by atoms with van der Waals surface area (Å²) in [5.74, 6) is -0.515. The minimum absolute atomic E-state index is 0.0569. The molecule has 0 saturated heterocycles. The molecule has 0 aliphatic heterocycles. The summed E-state index contributed by atoms with van der Waals surface area (Å²) in [6, 6.07) is 4.82. The van der Waals surface area contributed by atoms with Crippen molar-refractivity contribution in [2.24, 2.45) is 0 Å². The molecule has 0 radical (unpaired) electrons. The monoisotopic (exact) mass is 264 g/mol. The number of benzene rings is 1. The van der Waals surface area contributed by atoms with Crippen molar-refractivity contribution in [3.8, 4) is 5.75 Å². The molecule has 1 rings (SSSR count). The van der Waals surface area contributed by atoms with Crippen molar-refractivity contribution in [2.45, 2.75) is 26.7 Å². The Morgan fingerprint density at radius 3 is 2.63 bits per heavy atom. The normalized spacial score (nSPS) is 10.0. The lowest BCUT2D eigenvalue weighted by Gasteiger charge is -2.08. The first-order valence-corrected chi connectivity index (χ1v) is 6.39. The fourth-order valence-corrected chi connectivity index (χ4v) is 1.57. The van der Waals surface area contributed by atoms with Gasteiger partial charge in [-0.1, -0.05) is 18.6 Å². The summed E-state index contributed by atoms with van der Waals surface area (Å²) < 4.78 is 0. The van der Waals surface area contributed by atoms with E-state index in [0.717, 1.165) is 12.0 Å². The van der Waals surface area contributed by atoms with Crippen molar-refractivity contribution in [2.75, 3.05) is 13.1 Å². The summed E-state index contributed by atoms with van der Waals surface area (Å²) in [5, 5.41) is 14.9. The fourth-order valence-electron chi connectivity index (χ4n) is 1.57. The van der Waals surface area contributed by atoms with Gasteiger partial charge in [-0.3, -0.25) is 9.59 Å². The highest BCUT2D eigenvalue weighted by Crippen LogP contribution is 2.17. The zero-order valence-corrected chi connectivity index (χ0v) is 11.3. The molecular formula is C14H20N2O3. The summed E-state index contributed by atoms with van der Waals surface area (Å²) in [5.41, 5.74) is 1.12. The third-order valence-electron chi connectivity index (χ3n) is 2.61. The van der Waals surface area contributed by atoms with Crippen LogP contribution in [-0.4, -0.2) is 30.0 Å². The van der Waals surface area contributed by atoms with Crippen molar-refractivity contribution in [1.29, 1.82) is 0 Å². The SMILES string of the molecule is CCCNC(=O)CCNC(=O)c1cc(C)ccc1O. The van der Waals surface area contributed by atoms with Crippen molar-refractivity contribution >= 4 is 11.8 Å². The summed E-state index contributed by atoms with van der Waals surface area (Å²) in [6.07, 6.45) is 1.12. The molecule has 19 heavy (non-hydrogen) atoms. The van der Waals surface area contributed by atoms with E-state index in [0.29, 0.717) is 6.54 Å². The van der Waals surface area contributed by atoms with Crippen LogP contribution in [0, 0.1) is 6.92 Å². The number of nitrogens with one attached hydrogen (secondary N) is 2. The first kappa shape index (κ1) is 15.0. The van der Waals surface area contributed by atoms with Gasteiger partial charge in [0.15, 0.2) is 0 Å². The molecule has 1 aromatic rings. The first-order valence-electron chi connectivity index (χ1n) is 6.39. The van der Waals surface area contributed by atoms with E-state index in [1.165, 1.54) is 6.07 Å². The molecule has 0 atom stereocenters. The Kier molecular flexibility index (Phi) is 5.85. The second-order valence-corrected chi connectivity index (χ2v) is 4.38. The third-order valence-corrected chi connectivity index (χ3v) is 2.61. The minimum atomic E-state index is -0.371. The van der Waals surface area contributed by atoms with Crippen LogP contribution in [-0.2, 0) is 4.79 Å². The Bertz CT molecular complexity index is 458. The Balaban J connectivity index is 2.43. The van der Waals surface area contributed by atoms with E-state index >= 15 is 0 Å². The minimum Gasteiger partial charge on any atom is -0.507 e. The molecule has 104 valence electrons. The number of carbonyl (C=O) groups excluding carboxylic acids is 2. The molecule has 0 aromatic heterocycles. The number of hydrogen-bond donors (Lipinski definition) is 3. The molecule has 0 spiro atoms. The topological polar surface area (TPSA) is 78.4 Å². The summed E-state index contributed by atoms with van der Waals surface area (Å²) >= 11 is 0. The molecule has 5 nitrogen and oxygen atoms in total. The quantitative estimate of drug-likeness (QED) is 0.725. The van der Waals surface area contributed by atoms with Gasteiger partial charge in [-0.25, -0.2) is 0 Å². The molecule has 0 aliphatic rings. The largest absolute Gasteiger partial charge is 0.507 e. The van der Waals surface area contributed by atoms with E-state index in [4.69, 9.17) is 0 Å². The number of aromatic hydroxyl groups is 1. The van der Waals surface area contributed by atoms with Crippen molar-refractivity contribution in [3.05, 3.63) is 29.3 Å². The maximum atomic E-state index is 11.8. The van der Waals surface area contributed by atoms with Crippen molar-refractivity contribution in [1.82, 2.24) is 10.6 Å². The molecular weight excluding hydrogens is 244 g/mol. The average Bonchev–Trinajstić information content (AvgIpc) is 2.39. The van der Waals surface area contributed by atoms with Gasteiger partial charge in [0.25, 0.3) is 5.91 Å². The van der Waals surface area contributed by atoms with Gasteiger partial charge in [0, 0.05) is 19.5 Å². The van der Waals surface area contributed by atoms with Gasteiger partial charge in [-0.2, -0.15) is 0 Å². The van der Waals surface area contributed by atoms with Crippen LogP contribution in [0.15, 0.2) is 18.2 Å². The van der Waals surface area contributed by atoms with E-state index in [2.05, 4.69) is 10.6 Å². The Labute approximate surface area is 113 Å². The zero-order chi connectivity index (χ0) is 14.3. The number of aryl methyl sites for hydroxylation is 1. The molecule has 0 bridgehead atoms. The van der Waals surface area contributed by atoms with E-state index < -0.39 is 0 Å². The Morgan fingerprint density at radius 2 is 1.95 bits per heavy atom. The molecule has 3 N–H and O–H groups in total. The van der Waals surface area contributed by atoms with E-state index in [9.17, 15) is 14.7 Å². The maximum Gasteiger partial charge on any atom is 0.255 e. The lowest BCUT2D eigenvalue weighted by Crippen LogP contribution is -2.31. The molecule has 0 heterocycles. The van der Waals surface area contributed by atoms with Gasteiger partial charge in [0.05, 0.1) is 5.56 Å². The Morgan fingerprint density at radius 1 is 1.21 bits per heavy atom. The highest BCUT2D eigenvalue weighted by molar-refractivity contribution is 5.97. The molecule has 5 heteroatoms. The number of amides is 2. The molecule has 0 aliphatic carbocycles. The summed E-state index contributed by atoms with van der Waals surface area (Å²) in [7, 11) is 0. The molecule has 0 fully saturated rings. The summed E-state index contributed by atoms with van der Waals surface area (Å²) in [6.45, 7) is 4.71. The number of carbonyl (C=O) groups is 2. The molecule has 1 aromatic carbocycles. The lowest BCUT2D eigenvalue weighted by molar-refractivity contribution is -0.120. The molecule has 0 unspecified atom stereocenters. The number of rotatable bonds is 6. The second kappa shape index (κ2) is 7.41. The van der Waals surface area contributed by atoms with Gasteiger partial charge in [-0.15, -0.1) is 0 Å². The van der Waals surface area contributed by atoms with Crippen LogP contribution in [0.2, 0.25) is 0 Å². The molecule has 2 amide bonds. The van der Waals surface area contributed by atoms with Crippen LogP contribution in [0.5, 0.6) is 5.75 Å². The van der Waals surface area contributed by atoms with Crippen LogP contribution in [0.3, 0.4) is 0 Å². The van der Waals surface area contributed by atoms with Crippen LogP contribution in [0.25, 0.3) is 0 Å². The standard InChI is InChI=1S/C14H20N2O3/c1-3-7-15-13(18)6-8-16-14(19)11-9-10(2)4-5-12(11)17/h4-5,9,17H,3,6-8H2,1-2H3,(H,15,18)(H,16,19). The van der Waals surface area contributed by atoms with Crippen molar-refractivity contribution < 1.29 is 14.7 Å². The fraction of sp³-hybridized carbons (Fsp3) is 0.429. The third kappa shape index (κ3) is 4.99. The van der Waals surface area contributed by atoms with E-state index in [1.807, 2.05) is 13.8 Å². The van der Waals surface area contributed by atoms with Crippen LogP contribution in [0.4, 0.5) is 0 Å². The van der Waals surface area contributed by atoms with Crippen LogP contribution >= 0.6 is 0 Å². The number of phenolic OH excluding ortho intramolecular Hbond substituents is 1. The zero-order valence-electron chi connectivity index (χ0n) is 11.3. The van der Waals surface area contributed by atoms with E-state index in [1.54, 1.807) is 12.1 Å². The predicted molar refractivity (Wildman–Crippen MR) is 73.1 cm³/mol. The van der Waals surface area contributed by atoms with Gasteiger partial charge in [0.2, 0.25) is 5.91 Å². The highest BCUT2D eigenvalue weighted by atomic mass is 16.3. The van der Waals surface area contributed by atoms with E-state index in [-0.39, 0.29) is 36.1 Å². The van der Waals surface area contributed by atoms with Gasteiger partial charge in [0.1, 0.15) is 5.75 Å². The van der Waals surface area contributed by atoms with Gasteiger partial charge in [-0.05, 0) is 25.5 Å². The number of phenols is 1. The second-order valence-electron chi connectivity index (χ2n) is 4.38. The smallest absolute Gasteiger partial charge is 0.255 e.